The molecular weight excluding hydrogens is 380 g/mol. The molecule has 3 heteroatoms. The fraction of sp³-hybridized carbons (Fsp3) is 0.107. The van der Waals surface area contributed by atoms with Crippen LogP contribution in [0, 0.1) is 0 Å². The van der Waals surface area contributed by atoms with Crippen LogP contribution in [-0.2, 0) is 5.41 Å². The first-order valence-corrected chi connectivity index (χ1v) is 10.7. The molecule has 0 amide bonds. The molecule has 0 spiro atoms. The van der Waals surface area contributed by atoms with Crippen LogP contribution in [0.5, 0.6) is 0 Å². The molecule has 1 N–H and O–H groups in total. The number of benzene rings is 4. The van der Waals surface area contributed by atoms with Crippen LogP contribution in [0.1, 0.15) is 25.0 Å². The van der Waals surface area contributed by atoms with Crippen molar-refractivity contribution in [3.05, 3.63) is 90.0 Å². The lowest BCUT2D eigenvalue weighted by molar-refractivity contribution is 0.619. The van der Waals surface area contributed by atoms with Gasteiger partial charge in [0.15, 0.2) is 5.58 Å². The van der Waals surface area contributed by atoms with Gasteiger partial charge in [-0.15, -0.1) is 0 Å². The van der Waals surface area contributed by atoms with Gasteiger partial charge >= 0.3 is 0 Å². The van der Waals surface area contributed by atoms with Gasteiger partial charge in [0.25, 0.3) is 0 Å². The summed E-state index contributed by atoms with van der Waals surface area (Å²) >= 11 is 0. The van der Waals surface area contributed by atoms with Gasteiger partial charge in [-0.1, -0.05) is 68.4 Å². The highest BCUT2D eigenvalue weighted by molar-refractivity contribution is 6.12. The maximum Gasteiger partial charge on any atom is 0.227 e. The molecule has 0 atom stereocenters. The maximum atomic E-state index is 6.19. The Hall–Kier alpha value is -3.85. The molecule has 0 saturated carbocycles. The van der Waals surface area contributed by atoms with Crippen molar-refractivity contribution in [2.24, 2.45) is 0 Å². The summed E-state index contributed by atoms with van der Waals surface area (Å²) < 4.78 is 6.19. The molecule has 6 aromatic rings. The van der Waals surface area contributed by atoms with Gasteiger partial charge in [-0.05, 0) is 46.5 Å². The predicted octanol–water partition coefficient (Wildman–Crippen LogP) is 7.44. The Morgan fingerprint density at radius 2 is 1.48 bits per heavy atom. The van der Waals surface area contributed by atoms with Crippen molar-refractivity contribution < 1.29 is 4.42 Å². The van der Waals surface area contributed by atoms with Crippen LogP contribution < -0.4 is 0 Å². The Morgan fingerprint density at radius 3 is 2.35 bits per heavy atom. The number of rotatable bonds is 1. The molecule has 1 aliphatic carbocycles. The van der Waals surface area contributed by atoms with E-state index in [1.165, 1.54) is 44.1 Å². The molecule has 0 saturated heterocycles. The van der Waals surface area contributed by atoms with Gasteiger partial charge < -0.3 is 9.40 Å². The topological polar surface area (TPSA) is 41.8 Å². The lowest BCUT2D eigenvalue weighted by atomic mass is 9.81. The molecule has 0 bridgehead atoms. The number of oxazole rings is 1. The average molecular weight is 400 g/mol. The van der Waals surface area contributed by atoms with E-state index in [0.717, 1.165) is 16.7 Å². The van der Waals surface area contributed by atoms with E-state index in [4.69, 9.17) is 9.40 Å². The zero-order valence-corrected chi connectivity index (χ0v) is 17.4. The normalized spacial score (nSPS) is 14.4. The lowest BCUT2D eigenvalue weighted by Crippen LogP contribution is -2.16. The predicted molar refractivity (Wildman–Crippen MR) is 126 cm³/mol. The first kappa shape index (κ1) is 16.9. The van der Waals surface area contributed by atoms with Gasteiger partial charge in [-0.25, -0.2) is 4.98 Å². The Morgan fingerprint density at radius 1 is 0.742 bits per heavy atom. The van der Waals surface area contributed by atoms with Crippen molar-refractivity contribution in [1.82, 2.24) is 9.97 Å². The molecule has 0 aliphatic heterocycles. The number of nitrogens with zero attached hydrogens (tertiary/aromatic N) is 1. The highest BCUT2D eigenvalue weighted by atomic mass is 16.3. The molecule has 2 aromatic heterocycles. The lowest BCUT2D eigenvalue weighted by Gasteiger charge is -2.22. The van der Waals surface area contributed by atoms with Gasteiger partial charge in [0, 0.05) is 27.3 Å². The van der Waals surface area contributed by atoms with Gasteiger partial charge in [0.1, 0.15) is 5.52 Å². The summed E-state index contributed by atoms with van der Waals surface area (Å²) in [5, 5.41) is 2.54. The zero-order chi connectivity index (χ0) is 20.7. The van der Waals surface area contributed by atoms with Crippen molar-refractivity contribution >= 4 is 32.9 Å². The molecule has 31 heavy (non-hydrogen) atoms. The van der Waals surface area contributed by atoms with Gasteiger partial charge in [0.05, 0.1) is 5.52 Å². The van der Waals surface area contributed by atoms with Crippen LogP contribution in [0.25, 0.3) is 55.5 Å². The number of hydrogen-bond acceptors (Lipinski definition) is 2. The first-order chi connectivity index (χ1) is 15.1. The summed E-state index contributed by atoms with van der Waals surface area (Å²) in [6, 6.07) is 27.4. The number of fused-ring (bicyclic) bond motifs is 9. The highest BCUT2D eigenvalue weighted by Gasteiger charge is 2.40. The molecule has 1 aliphatic rings. The number of hydrogen-bond donors (Lipinski definition) is 1. The Labute approximate surface area is 179 Å². The fourth-order valence-corrected chi connectivity index (χ4v) is 5.47. The van der Waals surface area contributed by atoms with E-state index in [0.29, 0.717) is 5.89 Å². The summed E-state index contributed by atoms with van der Waals surface area (Å²) in [7, 11) is 0. The Bertz CT molecular complexity index is 1650. The largest absolute Gasteiger partial charge is 0.436 e. The fourth-order valence-electron chi connectivity index (χ4n) is 5.47. The molecule has 0 fully saturated rings. The molecule has 4 aromatic carbocycles. The molecule has 7 rings (SSSR count). The molecular formula is C28H20N2O. The highest BCUT2D eigenvalue weighted by Crippen LogP contribution is 2.54. The second kappa shape index (κ2) is 5.64. The van der Waals surface area contributed by atoms with Crippen LogP contribution in [-0.4, -0.2) is 9.97 Å². The second-order valence-corrected chi connectivity index (χ2v) is 8.93. The Kier molecular flexibility index (Phi) is 3.07. The van der Waals surface area contributed by atoms with Crippen molar-refractivity contribution in [2.45, 2.75) is 19.3 Å². The van der Waals surface area contributed by atoms with Crippen LogP contribution >= 0.6 is 0 Å². The number of aromatic nitrogens is 2. The molecule has 0 radical (unpaired) electrons. The quantitative estimate of drug-likeness (QED) is 0.312. The van der Waals surface area contributed by atoms with Crippen molar-refractivity contribution in [1.29, 1.82) is 0 Å². The van der Waals surface area contributed by atoms with E-state index in [9.17, 15) is 0 Å². The summed E-state index contributed by atoms with van der Waals surface area (Å²) in [5.74, 6) is 0.673. The number of para-hydroxylation sites is 1. The zero-order valence-electron chi connectivity index (χ0n) is 17.4. The smallest absolute Gasteiger partial charge is 0.227 e. The van der Waals surface area contributed by atoms with Gasteiger partial charge in [-0.2, -0.15) is 0 Å². The second-order valence-electron chi connectivity index (χ2n) is 8.93. The minimum atomic E-state index is -0.199. The SMILES string of the molecule is CC1(C)c2c(ccc3oc(-c4ccccc4)nc23)-c2ccc3c([nH]c4ccccc43)c21. The molecule has 2 heterocycles. The van der Waals surface area contributed by atoms with Crippen LogP contribution in [0.4, 0.5) is 0 Å². The number of nitrogens with one attached hydrogen (secondary N) is 1. The molecule has 148 valence electrons. The van der Waals surface area contributed by atoms with E-state index in [1.54, 1.807) is 0 Å². The van der Waals surface area contributed by atoms with E-state index >= 15 is 0 Å². The minimum absolute atomic E-state index is 0.199. The average Bonchev–Trinajstić information content (AvgIpc) is 3.45. The van der Waals surface area contributed by atoms with Crippen molar-refractivity contribution in [2.75, 3.05) is 0 Å². The molecule has 3 nitrogen and oxygen atoms in total. The molecule has 0 unspecified atom stereocenters. The summed E-state index contributed by atoms with van der Waals surface area (Å²) in [4.78, 5) is 8.68. The maximum absolute atomic E-state index is 6.19. The van der Waals surface area contributed by atoms with Crippen molar-refractivity contribution in [3.8, 4) is 22.6 Å². The van der Waals surface area contributed by atoms with E-state index < -0.39 is 0 Å². The third kappa shape index (κ3) is 2.10. The minimum Gasteiger partial charge on any atom is -0.436 e. The number of H-pyrrole nitrogens is 1. The van der Waals surface area contributed by atoms with Gasteiger partial charge in [-0.3, -0.25) is 0 Å². The van der Waals surface area contributed by atoms with E-state index in [2.05, 4.69) is 67.4 Å². The summed E-state index contributed by atoms with van der Waals surface area (Å²) in [5.41, 5.74) is 10.1. The Balaban J connectivity index is 1.54. The van der Waals surface area contributed by atoms with Crippen molar-refractivity contribution in [3.63, 3.8) is 0 Å². The summed E-state index contributed by atoms with van der Waals surface area (Å²) in [6.07, 6.45) is 0. The van der Waals surface area contributed by atoms with E-state index in [-0.39, 0.29) is 5.41 Å². The van der Waals surface area contributed by atoms with Crippen LogP contribution in [0.3, 0.4) is 0 Å². The summed E-state index contributed by atoms with van der Waals surface area (Å²) in [6.45, 7) is 4.61. The standard InChI is InChI=1S/C28H20N2O/c1-28(2)23-18(12-13-20-17-10-6-7-11-21(17)29-25(20)23)19-14-15-22-26(24(19)28)30-27(31-22)16-8-4-3-5-9-16/h3-15,29H,1-2H3. The van der Waals surface area contributed by atoms with E-state index in [1.807, 2.05) is 30.3 Å². The van der Waals surface area contributed by atoms with Crippen LogP contribution in [0.2, 0.25) is 0 Å². The third-order valence-electron chi connectivity index (χ3n) is 6.80. The third-order valence-corrected chi connectivity index (χ3v) is 6.80. The monoisotopic (exact) mass is 400 g/mol. The first-order valence-electron chi connectivity index (χ1n) is 10.7. The van der Waals surface area contributed by atoms with Crippen LogP contribution in [0.15, 0.2) is 83.3 Å². The van der Waals surface area contributed by atoms with Gasteiger partial charge in [0.2, 0.25) is 5.89 Å². The number of aromatic amines is 1.